The van der Waals surface area contributed by atoms with Gasteiger partial charge in [0.15, 0.2) is 0 Å². The lowest BCUT2D eigenvalue weighted by Crippen LogP contribution is -2.45. The molecule has 0 bridgehead atoms. The summed E-state index contributed by atoms with van der Waals surface area (Å²) in [6.07, 6.45) is 7.17. The molecule has 0 saturated carbocycles. The minimum Gasteiger partial charge on any atom is -0.487 e. The quantitative estimate of drug-likeness (QED) is 0.538. The Balaban J connectivity index is 2.12. The van der Waals surface area contributed by atoms with Crippen LogP contribution in [0.5, 0.6) is 11.5 Å². The maximum absolute atomic E-state index is 9.21. The van der Waals surface area contributed by atoms with Gasteiger partial charge < -0.3 is 14.6 Å². The summed E-state index contributed by atoms with van der Waals surface area (Å²) in [6.45, 7) is 12.8. The second-order valence-corrected chi connectivity index (χ2v) is 8.26. The molecule has 0 amide bonds. The second kappa shape index (κ2) is 7.48. The molecule has 1 aromatic carbocycles. The Morgan fingerprint density at radius 3 is 2.85 bits per heavy atom. The van der Waals surface area contributed by atoms with E-state index in [1.165, 1.54) is 11.1 Å². The van der Waals surface area contributed by atoms with Gasteiger partial charge in [0.2, 0.25) is 0 Å². The molecule has 0 saturated heterocycles. The van der Waals surface area contributed by atoms with Crippen molar-refractivity contribution in [1.82, 2.24) is 0 Å². The van der Waals surface area contributed by atoms with Gasteiger partial charge >= 0.3 is 0 Å². The van der Waals surface area contributed by atoms with Crippen LogP contribution in [0.2, 0.25) is 0 Å². The number of aryl methyl sites for hydroxylation is 1. The Bertz CT molecular complexity index is 714. The van der Waals surface area contributed by atoms with Crippen LogP contribution in [0.1, 0.15) is 70.4 Å². The number of benzene rings is 1. The van der Waals surface area contributed by atoms with Gasteiger partial charge in [-0.25, -0.2) is 0 Å². The monoisotopic (exact) mass is 356 g/mol. The van der Waals surface area contributed by atoms with Crippen LogP contribution < -0.4 is 9.47 Å². The van der Waals surface area contributed by atoms with Crippen LogP contribution in [0, 0.1) is 5.92 Å². The number of aliphatic hydroxyl groups is 1. The summed E-state index contributed by atoms with van der Waals surface area (Å²) in [4.78, 5) is 0. The van der Waals surface area contributed by atoms with Gasteiger partial charge in [0, 0.05) is 23.8 Å². The Kier molecular flexibility index (Phi) is 5.47. The van der Waals surface area contributed by atoms with Gasteiger partial charge in [-0.1, -0.05) is 31.6 Å². The molecule has 0 radical (unpaired) electrons. The average Bonchev–Trinajstić information content (AvgIpc) is 2.54. The molecular weight excluding hydrogens is 324 g/mol. The van der Waals surface area contributed by atoms with Crippen molar-refractivity contribution in [2.24, 2.45) is 5.92 Å². The molecule has 1 heterocycles. The molecule has 2 aliphatic rings. The van der Waals surface area contributed by atoms with Crippen molar-refractivity contribution in [3.63, 3.8) is 0 Å². The molecule has 0 fully saturated rings. The lowest BCUT2D eigenvalue weighted by atomic mass is 9.68. The highest BCUT2D eigenvalue weighted by atomic mass is 16.5. The molecule has 1 N–H and O–H groups in total. The van der Waals surface area contributed by atoms with Crippen molar-refractivity contribution in [3.05, 3.63) is 47.2 Å². The van der Waals surface area contributed by atoms with E-state index < -0.39 is 0 Å². The summed E-state index contributed by atoms with van der Waals surface area (Å²) in [7, 11) is 0. The van der Waals surface area contributed by atoms with Crippen LogP contribution in [0.4, 0.5) is 0 Å². The van der Waals surface area contributed by atoms with Crippen LogP contribution in [-0.2, 0) is 6.42 Å². The molecule has 3 heteroatoms. The Morgan fingerprint density at radius 1 is 1.38 bits per heavy atom. The first kappa shape index (κ1) is 19.0. The van der Waals surface area contributed by atoms with Crippen LogP contribution in [-0.4, -0.2) is 17.3 Å². The average molecular weight is 357 g/mol. The standard InChI is InChI=1S/C23H32O3/c1-6-7-17-13-20(25-16(3)10-11-24)22-18-12-15(2)8-9-19(18)23(4,5)26-21(22)14-17/h12-14,18-19,24H,3,6-11H2,1-2,4-5H3. The first-order chi connectivity index (χ1) is 12.4. The molecule has 2 unspecified atom stereocenters. The molecule has 26 heavy (non-hydrogen) atoms. The third-order valence-corrected chi connectivity index (χ3v) is 5.69. The Morgan fingerprint density at radius 2 is 2.15 bits per heavy atom. The highest BCUT2D eigenvalue weighted by Crippen LogP contribution is 2.54. The van der Waals surface area contributed by atoms with Crippen LogP contribution in [0.25, 0.3) is 0 Å². The number of rotatable bonds is 6. The molecule has 1 aromatic rings. The topological polar surface area (TPSA) is 38.7 Å². The molecular formula is C23H32O3. The summed E-state index contributed by atoms with van der Waals surface area (Å²) in [6, 6.07) is 4.33. The molecule has 3 rings (SSSR count). The third-order valence-electron chi connectivity index (χ3n) is 5.69. The van der Waals surface area contributed by atoms with E-state index in [-0.39, 0.29) is 12.2 Å². The van der Waals surface area contributed by atoms with Crippen molar-refractivity contribution < 1.29 is 14.6 Å². The maximum atomic E-state index is 9.21. The lowest BCUT2D eigenvalue weighted by Gasteiger charge is -2.46. The molecule has 2 atom stereocenters. The smallest absolute Gasteiger partial charge is 0.134 e. The van der Waals surface area contributed by atoms with Gasteiger partial charge in [0.05, 0.1) is 12.4 Å². The van der Waals surface area contributed by atoms with Gasteiger partial charge in [-0.3, -0.25) is 0 Å². The van der Waals surface area contributed by atoms with E-state index in [2.05, 4.69) is 52.5 Å². The fourth-order valence-corrected chi connectivity index (χ4v) is 4.41. The predicted molar refractivity (Wildman–Crippen MR) is 106 cm³/mol. The van der Waals surface area contributed by atoms with Crippen molar-refractivity contribution in [1.29, 1.82) is 0 Å². The fraction of sp³-hybridized carbons (Fsp3) is 0.565. The number of hydrogen-bond donors (Lipinski definition) is 1. The molecule has 3 nitrogen and oxygen atoms in total. The molecule has 142 valence electrons. The number of aliphatic hydroxyl groups excluding tert-OH is 1. The number of allylic oxidation sites excluding steroid dienone is 2. The van der Waals surface area contributed by atoms with Crippen molar-refractivity contribution in [3.8, 4) is 11.5 Å². The van der Waals surface area contributed by atoms with Gasteiger partial charge in [0.25, 0.3) is 0 Å². The van der Waals surface area contributed by atoms with Crippen LogP contribution in [0.3, 0.4) is 0 Å². The lowest BCUT2D eigenvalue weighted by molar-refractivity contribution is 0.0107. The van der Waals surface area contributed by atoms with Crippen molar-refractivity contribution >= 4 is 0 Å². The first-order valence-electron chi connectivity index (χ1n) is 9.85. The Labute approximate surface area is 157 Å². The van der Waals surface area contributed by atoms with Gasteiger partial charge in [-0.15, -0.1) is 0 Å². The van der Waals surface area contributed by atoms with E-state index in [0.29, 0.717) is 24.0 Å². The van der Waals surface area contributed by atoms with Crippen LogP contribution in [0.15, 0.2) is 36.1 Å². The highest BCUT2D eigenvalue weighted by Gasteiger charge is 2.45. The van der Waals surface area contributed by atoms with E-state index in [9.17, 15) is 5.11 Å². The fourth-order valence-electron chi connectivity index (χ4n) is 4.41. The molecule has 0 aromatic heterocycles. The van der Waals surface area contributed by atoms with Gasteiger partial charge in [-0.2, -0.15) is 0 Å². The van der Waals surface area contributed by atoms with E-state index in [4.69, 9.17) is 9.47 Å². The van der Waals surface area contributed by atoms with E-state index in [1.807, 2.05) is 0 Å². The number of ether oxygens (including phenoxy) is 2. The van der Waals surface area contributed by atoms with E-state index in [1.54, 1.807) is 0 Å². The SMILES string of the molecule is C=C(CCO)Oc1cc(CCC)cc2c1C1C=C(C)CCC1C(C)(C)O2. The molecule has 1 aliphatic carbocycles. The van der Waals surface area contributed by atoms with Crippen LogP contribution >= 0.6 is 0 Å². The highest BCUT2D eigenvalue weighted by molar-refractivity contribution is 5.55. The Hall–Kier alpha value is -1.74. The second-order valence-electron chi connectivity index (χ2n) is 8.26. The minimum atomic E-state index is -0.195. The van der Waals surface area contributed by atoms with Gasteiger partial charge in [0.1, 0.15) is 17.1 Å². The first-order valence-corrected chi connectivity index (χ1v) is 9.85. The van der Waals surface area contributed by atoms with Crippen molar-refractivity contribution in [2.45, 2.75) is 71.3 Å². The summed E-state index contributed by atoms with van der Waals surface area (Å²) in [5.41, 5.74) is 3.61. The minimum absolute atomic E-state index is 0.0459. The zero-order chi connectivity index (χ0) is 18.9. The summed E-state index contributed by atoms with van der Waals surface area (Å²) in [5.74, 6) is 3.13. The zero-order valence-electron chi connectivity index (χ0n) is 16.6. The predicted octanol–water partition coefficient (Wildman–Crippen LogP) is 5.52. The summed E-state index contributed by atoms with van der Waals surface area (Å²) in [5, 5.41) is 9.21. The van der Waals surface area contributed by atoms with E-state index in [0.717, 1.165) is 42.7 Å². The third kappa shape index (κ3) is 3.68. The number of fused-ring (bicyclic) bond motifs is 3. The molecule has 1 aliphatic heterocycles. The maximum Gasteiger partial charge on any atom is 0.134 e. The molecule has 0 spiro atoms. The summed E-state index contributed by atoms with van der Waals surface area (Å²) < 4.78 is 12.6. The number of hydrogen-bond acceptors (Lipinski definition) is 3. The largest absolute Gasteiger partial charge is 0.487 e. The van der Waals surface area contributed by atoms with Crippen molar-refractivity contribution in [2.75, 3.05) is 6.61 Å². The van der Waals surface area contributed by atoms with Gasteiger partial charge in [-0.05, 0) is 57.7 Å². The zero-order valence-corrected chi connectivity index (χ0v) is 16.6. The van der Waals surface area contributed by atoms with E-state index >= 15 is 0 Å². The summed E-state index contributed by atoms with van der Waals surface area (Å²) >= 11 is 0. The normalized spacial score (nSPS) is 23.3.